The quantitative estimate of drug-likeness (QED) is 0.581. The van der Waals surface area contributed by atoms with E-state index >= 15 is 0 Å². The van der Waals surface area contributed by atoms with E-state index in [4.69, 9.17) is 0 Å². The fourth-order valence-corrected chi connectivity index (χ4v) is 0.953. The molecule has 0 radical (unpaired) electrons. The van der Waals surface area contributed by atoms with Crippen LogP contribution < -0.4 is 0 Å². The van der Waals surface area contributed by atoms with E-state index in [1.807, 2.05) is 30.3 Å². The molecule has 0 spiro atoms. The van der Waals surface area contributed by atoms with Crippen molar-refractivity contribution in [3.63, 3.8) is 0 Å². The fourth-order valence-electron chi connectivity index (χ4n) is 0.953. The number of benzene rings is 1. The van der Waals surface area contributed by atoms with Crippen LogP contribution in [0.4, 0.5) is 0 Å². The van der Waals surface area contributed by atoms with Gasteiger partial charge in [0.2, 0.25) is 0 Å². The summed E-state index contributed by atoms with van der Waals surface area (Å²) in [6.07, 6.45) is -1.08. The SMILES string of the molecule is C=C(C(C)=O)[C@H](O)C#Cc1ccccc1. The maximum absolute atomic E-state index is 10.9. The van der Waals surface area contributed by atoms with E-state index in [1.165, 1.54) is 6.92 Å². The normalized spacial score (nSPS) is 11.1. The molecule has 1 atom stereocenters. The molecule has 1 rings (SSSR count). The van der Waals surface area contributed by atoms with Crippen molar-refractivity contribution in [2.75, 3.05) is 0 Å². The molecule has 1 N–H and O–H groups in total. The Morgan fingerprint density at radius 2 is 2.00 bits per heavy atom. The maximum atomic E-state index is 10.9. The molecule has 0 amide bonds. The van der Waals surface area contributed by atoms with Crippen molar-refractivity contribution in [1.29, 1.82) is 0 Å². The average molecular weight is 200 g/mol. The highest BCUT2D eigenvalue weighted by molar-refractivity contribution is 5.94. The van der Waals surface area contributed by atoms with E-state index < -0.39 is 6.10 Å². The zero-order valence-electron chi connectivity index (χ0n) is 8.53. The molecule has 0 aliphatic rings. The lowest BCUT2D eigenvalue weighted by molar-refractivity contribution is -0.114. The maximum Gasteiger partial charge on any atom is 0.158 e. The summed E-state index contributed by atoms with van der Waals surface area (Å²) in [6.45, 7) is 4.82. The molecule has 15 heavy (non-hydrogen) atoms. The third kappa shape index (κ3) is 3.41. The first-order valence-electron chi connectivity index (χ1n) is 4.55. The standard InChI is InChI=1S/C13H12O2/c1-10(11(2)14)13(15)9-8-12-6-4-3-5-7-12/h3-7,13,15H,1H2,2H3/t13-/m1/s1. The Morgan fingerprint density at radius 3 is 2.53 bits per heavy atom. The average Bonchev–Trinajstić information content (AvgIpc) is 2.26. The van der Waals surface area contributed by atoms with E-state index in [9.17, 15) is 9.90 Å². The summed E-state index contributed by atoms with van der Waals surface area (Å²) in [6, 6.07) is 9.26. The van der Waals surface area contributed by atoms with Gasteiger partial charge in [0.05, 0.1) is 0 Å². The van der Waals surface area contributed by atoms with Crippen LogP contribution in [0.1, 0.15) is 12.5 Å². The van der Waals surface area contributed by atoms with Gasteiger partial charge in [-0.15, -0.1) is 0 Å². The van der Waals surface area contributed by atoms with Gasteiger partial charge in [-0.1, -0.05) is 36.6 Å². The van der Waals surface area contributed by atoms with Gasteiger partial charge < -0.3 is 5.11 Å². The van der Waals surface area contributed by atoms with Crippen molar-refractivity contribution in [2.24, 2.45) is 0 Å². The Bertz CT molecular complexity index is 421. The minimum atomic E-state index is -1.08. The van der Waals surface area contributed by atoms with Gasteiger partial charge in [0.25, 0.3) is 0 Å². The van der Waals surface area contributed by atoms with Gasteiger partial charge in [0.1, 0.15) is 6.10 Å². The smallest absolute Gasteiger partial charge is 0.158 e. The van der Waals surface area contributed by atoms with E-state index in [0.717, 1.165) is 5.56 Å². The largest absolute Gasteiger partial charge is 0.376 e. The predicted octanol–water partition coefficient (Wildman–Crippen LogP) is 1.54. The molecule has 2 nitrogen and oxygen atoms in total. The molecule has 0 bridgehead atoms. The van der Waals surface area contributed by atoms with Crippen LogP contribution >= 0.6 is 0 Å². The number of aliphatic hydroxyl groups is 1. The van der Waals surface area contributed by atoms with Crippen molar-refractivity contribution in [2.45, 2.75) is 13.0 Å². The molecule has 1 aromatic rings. The molecule has 0 heterocycles. The van der Waals surface area contributed by atoms with Crippen molar-refractivity contribution in [1.82, 2.24) is 0 Å². The third-order valence-electron chi connectivity index (χ3n) is 1.91. The molecule has 0 fully saturated rings. The highest BCUT2D eigenvalue weighted by Gasteiger charge is 2.08. The molecule has 1 aromatic carbocycles. The first kappa shape index (κ1) is 11.2. The minimum absolute atomic E-state index is 0.124. The number of hydrogen-bond donors (Lipinski definition) is 1. The highest BCUT2D eigenvalue weighted by Crippen LogP contribution is 2.00. The second-order valence-electron chi connectivity index (χ2n) is 3.12. The van der Waals surface area contributed by atoms with Gasteiger partial charge in [-0.3, -0.25) is 4.79 Å². The minimum Gasteiger partial charge on any atom is -0.376 e. The Hall–Kier alpha value is -1.85. The number of rotatable bonds is 2. The molecular weight excluding hydrogens is 188 g/mol. The lowest BCUT2D eigenvalue weighted by atomic mass is 10.1. The highest BCUT2D eigenvalue weighted by atomic mass is 16.3. The second-order valence-corrected chi connectivity index (χ2v) is 3.12. The summed E-state index contributed by atoms with van der Waals surface area (Å²) in [5.41, 5.74) is 0.923. The predicted molar refractivity (Wildman–Crippen MR) is 59.1 cm³/mol. The lowest BCUT2D eigenvalue weighted by Gasteiger charge is -2.01. The summed E-state index contributed by atoms with van der Waals surface area (Å²) in [7, 11) is 0. The topological polar surface area (TPSA) is 37.3 Å². The number of ketones is 1. The van der Waals surface area contributed by atoms with Crippen molar-refractivity contribution < 1.29 is 9.90 Å². The number of carbonyl (C=O) groups is 1. The monoisotopic (exact) mass is 200 g/mol. The molecule has 0 aromatic heterocycles. The van der Waals surface area contributed by atoms with Gasteiger partial charge in [-0.25, -0.2) is 0 Å². The van der Waals surface area contributed by atoms with Crippen LogP contribution in [0.2, 0.25) is 0 Å². The zero-order chi connectivity index (χ0) is 11.3. The number of Topliss-reactive ketones (excluding diaryl/α,β-unsaturated/α-hetero) is 1. The van der Waals surface area contributed by atoms with Crippen LogP contribution in [0.5, 0.6) is 0 Å². The molecule has 76 valence electrons. The van der Waals surface area contributed by atoms with Gasteiger partial charge in [0, 0.05) is 11.1 Å². The summed E-state index contributed by atoms with van der Waals surface area (Å²) in [5.74, 6) is 5.09. The Morgan fingerprint density at radius 1 is 1.40 bits per heavy atom. The summed E-state index contributed by atoms with van der Waals surface area (Å²) in [4.78, 5) is 10.9. The molecule has 0 unspecified atom stereocenters. The first-order valence-corrected chi connectivity index (χ1v) is 4.55. The number of hydrogen-bond acceptors (Lipinski definition) is 2. The van der Waals surface area contributed by atoms with E-state index in [2.05, 4.69) is 18.4 Å². The van der Waals surface area contributed by atoms with Gasteiger partial charge in [0.15, 0.2) is 5.78 Å². The van der Waals surface area contributed by atoms with E-state index in [1.54, 1.807) is 0 Å². The Balaban J connectivity index is 2.75. The first-order chi connectivity index (χ1) is 7.11. The van der Waals surface area contributed by atoms with E-state index in [0.29, 0.717) is 0 Å². The van der Waals surface area contributed by atoms with E-state index in [-0.39, 0.29) is 11.4 Å². The summed E-state index contributed by atoms with van der Waals surface area (Å²) in [5, 5.41) is 9.46. The molecule has 0 aliphatic carbocycles. The van der Waals surface area contributed by atoms with Crippen LogP contribution in [0.3, 0.4) is 0 Å². The molecular formula is C13H12O2. The summed E-state index contributed by atoms with van der Waals surface area (Å²) >= 11 is 0. The third-order valence-corrected chi connectivity index (χ3v) is 1.91. The number of aliphatic hydroxyl groups excluding tert-OH is 1. The number of carbonyl (C=O) groups excluding carboxylic acids is 1. The Labute approximate surface area is 89.3 Å². The van der Waals surface area contributed by atoms with Crippen LogP contribution in [0.15, 0.2) is 42.5 Å². The van der Waals surface area contributed by atoms with Crippen LogP contribution in [0, 0.1) is 11.8 Å². The van der Waals surface area contributed by atoms with Crippen molar-refractivity contribution in [3.8, 4) is 11.8 Å². The van der Waals surface area contributed by atoms with Gasteiger partial charge in [-0.05, 0) is 19.1 Å². The zero-order valence-corrected chi connectivity index (χ0v) is 8.53. The van der Waals surface area contributed by atoms with Gasteiger partial charge >= 0.3 is 0 Å². The fraction of sp³-hybridized carbons (Fsp3) is 0.154. The molecule has 2 heteroatoms. The van der Waals surface area contributed by atoms with Crippen LogP contribution in [-0.2, 0) is 4.79 Å². The molecule has 0 saturated carbocycles. The second kappa shape index (κ2) is 5.14. The van der Waals surface area contributed by atoms with Crippen LogP contribution in [0.25, 0.3) is 0 Å². The molecule has 0 saturated heterocycles. The van der Waals surface area contributed by atoms with Crippen molar-refractivity contribution in [3.05, 3.63) is 48.0 Å². The van der Waals surface area contributed by atoms with Crippen molar-refractivity contribution >= 4 is 5.78 Å². The summed E-state index contributed by atoms with van der Waals surface area (Å²) < 4.78 is 0. The Kier molecular flexibility index (Phi) is 3.84. The van der Waals surface area contributed by atoms with Crippen LogP contribution in [-0.4, -0.2) is 17.0 Å². The lowest BCUT2D eigenvalue weighted by Crippen LogP contribution is -2.12. The van der Waals surface area contributed by atoms with Gasteiger partial charge in [-0.2, -0.15) is 0 Å². The molecule has 0 aliphatic heterocycles.